The number of aliphatic hydroxyl groups excluding tert-OH is 1. The normalized spacial score (nSPS) is 19.4. The van der Waals surface area contributed by atoms with E-state index in [1.54, 1.807) is 11.0 Å². The molecule has 0 bridgehead atoms. The van der Waals surface area contributed by atoms with Crippen molar-refractivity contribution in [3.8, 4) is 0 Å². The molecule has 0 aliphatic carbocycles. The number of carbonyl (C=O) groups excluding carboxylic acids is 1. The van der Waals surface area contributed by atoms with Crippen LogP contribution in [0.4, 0.5) is 10.6 Å². The van der Waals surface area contributed by atoms with Gasteiger partial charge >= 0.3 is 6.03 Å². The molecule has 1 N–H and O–H groups in total. The fraction of sp³-hybridized carbons (Fsp3) is 0.714. The van der Waals surface area contributed by atoms with Gasteiger partial charge in [0.1, 0.15) is 5.76 Å². The lowest BCUT2D eigenvalue weighted by Crippen LogP contribution is -2.35. The second kappa shape index (κ2) is 6.26. The summed E-state index contributed by atoms with van der Waals surface area (Å²) < 4.78 is 5.25. The molecule has 1 fully saturated rings. The summed E-state index contributed by atoms with van der Waals surface area (Å²) in [5.41, 5.74) is 0. The van der Waals surface area contributed by atoms with E-state index in [1.165, 1.54) is 4.90 Å². The van der Waals surface area contributed by atoms with Crippen molar-refractivity contribution in [2.75, 3.05) is 18.0 Å². The van der Waals surface area contributed by atoms with Crippen LogP contribution in [0.3, 0.4) is 0 Å². The van der Waals surface area contributed by atoms with Gasteiger partial charge in [-0.3, -0.25) is 0 Å². The van der Waals surface area contributed by atoms with Gasteiger partial charge in [-0.25, -0.2) is 9.69 Å². The van der Waals surface area contributed by atoms with Crippen LogP contribution in [0.5, 0.6) is 0 Å². The highest BCUT2D eigenvalue weighted by Gasteiger charge is 2.38. The zero-order valence-corrected chi connectivity index (χ0v) is 12.4. The van der Waals surface area contributed by atoms with E-state index in [1.807, 2.05) is 6.92 Å². The van der Waals surface area contributed by atoms with E-state index < -0.39 is 6.23 Å². The maximum Gasteiger partial charge on any atom is 0.328 e. The maximum absolute atomic E-state index is 12.2. The summed E-state index contributed by atoms with van der Waals surface area (Å²) in [6.07, 6.45) is 1.82. The molecule has 112 valence electrons. The maximum atomic E-state index is 12.2. The lowest BCUT2D eigenvalue weighted by atomic mass is 10.1. The second-order valence-electron chi connectivity index (χ2n) is 5.66. The lowest BCUT2D eigenvalue weighted by molar-refractivity contribution is 0.176. The van der Waals surface area contributed by atoms with E-state index in [4.69, 9.17) is 4.52 Å². The second-order valence-corrected chi connectivity index (χ2v) is 5.66. The number of aromatic nitrogens is 1. The van der Waals surface area contributed by atoms with Crippen LogP contribution in [0, 0.1) is 5.92 Å². The quantitative estimate of drug-likeness (QED) is 0.868. The Morgan fingerprint density at radius 3 is 2.95 bits per heavy atom. The topological polar surface area (TPSA) is 69.8 Å². The Morgan fingerprint density at radius 2 is 2.30 bits per heavy atom. The Bertz CT molecular complexity index is 458. The van der Waals surface area contributed by atoms with Crippen molar-refractivity contribution in [3.05, 3.63) is 11.8 Å². The third kappa shape index (κ3) is 3.12. The first-order valence-corrected chi connectivity index (χ1v) is 7.24. The number of β-amino-alcohol motifs (C(OH)–C–C–N with tert-alkyl or cyclic N) is 1. The summed E-state index contributed by atoms with van der Waals surface area (Å²) in [6.45, 7) is 7.26. The van der Waals surface area contributed by atoms with Gasteiger partial charge in [-0.15, -0.1) is 0 Å². The fourth-order valence-electron chi connectivity index (χ4n) is 2.31. The predicted octanol–water partition coefficient (Wildman–Crippen LogP) is 2.23. The van der Waals surface area contributed by atoms with E-state index in [0.29, 0.717) is 24.8 Å². The summed E-state index contributed by atoms with van der Waals surface area (Å²) in [5.74, 6) is 1.74. The molecule has 1 aromatic heterocycles. The van der Waals surface area contributed by atoms with E-state index in [0.717, 1.165) is 25.0 Å². The Hall–Kier alpha value is -1.56. The monoisotopic (exact) mass is 281 g/mol. The zero-order valence-electron chi connectivity index (χ0n) is 12.4. The van der Waals surface area contributed by atoms with Gasteiger partial charge in [-0.1, -0.05) is 25.9 Å². The summed E-state index contributed by atoms with van der Waals surface area (Å²) in [5, 5.41) is 13.9. The van der Waals surface area contributed by atoms with Crippen molar-refractivity contribution in [2.24, 2.45) is 5.92 Å². The first-order chi connectivity index (χ1) is 9.52. The van der Waals surface area contributed by atoms with Crippen LogP contribution < -0.4 is 4.90 Å². The molecule has 1 aliphatic heterocycles. The van der Waals surface area contributed by atoms with Crippen molar-refractivity contribution in [1.29, 1.82) is 0 Å². The summed E-state index contributed by atoms with van der Waals surface area (Å²) in [4.78, 5) is 15.1. The van der Waals surface area contributed by atoms with Crippen LogP contribution in [-0.2, 0) is 6.42 Å². The number of amides is 2. The van der Waals surface area contributed by atoms with Gasteiger partial charge in [0.15, 0.2) is 12.0 Å². The van der Waals surface area contributed by atoms with E-state index in [9.17, 15) is 9.90 Å². The number of nitrogens with zero attached hydrogens (tertiary/aromatic N) is 3. The van der Waals surface area contributed by atoms with Crippen LogP contribution in [-0.4, -0.2) is 40.5 Å². The van der Waals surface area contributed by atoms with Gasteiger partial charge in [0.25, 0.3) is 0 Å². The molecule has 1 atom stereocenters. The molecule has 2 amide bonds. The smallest absolute Gasteiger partial charge is 0.328 e. The fourth-order valence-corrected chi connectivity index (χ4v) is 2.31. The number of aryl methyl sites for hydroxylation is 1. The van der Waals surface area contributed by atoms with Crippen LogP contribution >= 0.6 is 0 Å². The Balaban J connectivity index is 2.05. The molecule has 0 spiro atoms. The standard InChI is InChI=1S/C14H23N3O3/c1-4-7-16-9-13(18)17(14(16)19)12-8-11(20-15-12)6-5-10(2)3/h8,10,13,18H,4-7,9H2,1-3H3. The van der Waals surface area contributed by atoms with E-state index >= 15 is 0 Å². The van der Waals surface area contributed by atoms with Crippen LogP contribution in [0.15, 0.2) is 10.6 Å². The number of aliphatic hydroxyl groups is 1. The van der Waals surface area contributed by atoms with Crippen LogP contribution in [0.25, 0.3) is 0 Å². The largest absolute Gasteiger partial charge is 0.371 e. The molecule has 1 unspecified atom stereocenters. The van der Waals surface area contributed by atoms with Gasteiger partial charge in [0.2, 0.25) is 0 Å². The summed E-state index contributed by atoms with van der Waals surface area (Å²) in [7, 11) is 0. The SMILES string of the molecule is CCCN1CC(O)N(c2cc(CCC(C)C)on2)C1=O. The minimum Gasteiger partial charge on any atom is -0.371 e. The van der Waals surface area contributed by atoms with Crippen molar-refractivity contribution in [1.82, 2.24) is 10.1 Å². The van der Waals surface area contributed by atoms with Crippen molar-refractivity contribution in [3.63, 3.8) is 0 Å². The lowest BCUT2D eigenvalue weighted by Gasteiger charge is -2.16. The highest BCUT2D eigenvalue weighted by molar-refractivity contribution is 5.93. The van der Waals surface area contributed by atoms with Gasteiger partial charge in [-0.05, 0) is 18.8 Å². The average Bonchev–Trinajstić information content (AvgIpc) is 2.93. The molecule has 20 heavy (non-hydrogen) atoms. The van der Waals surface area contributed by atoms with Gasteiger partial charge < -0.3 is 14.5 Å². The van der Waals surface area contributed by atoms with Crippen molar-refractivity contribution in [2.45, 2.75) is 46.3 Å². The van der Waals surface area contributed by atoms with Gasteiger partial charge in [-0.2, -0.15) is 0 Å². The Labute approximate surface area is 119 Å². The summed E-state index contributed by atoms with van der Waals surface area (Å²) in [6, 6.07) is 1.54. The number of hydrogen-bond acceptors (Lipinski definition) is 4. The molecule has 2 heterocycles. The zero-order chi connectivity index (χ0) is 14.7. The molecule has 6 heteroatoms. The van der Waals surface area contributed by atoms with E-state index in [-0.39, 0.29) is 6.03 Å². The number of rotatable bonds is 6. The minimum absolute atomic E-state index is 0.206. The van der Waals surface area contributed by atoms with E-state index in [2.05, 4.69) is 19.0 Å². The highest BCUT2D eigenvalue weighted by atomic mass is 16.5. The molecule has 0 radical (unpaired) electrons. The first-order valence-electron chi connectivity index (χ1n) is 7.24. The molecule has 1 saturated heterocycles. The third-order valence-corrected chi connectivity index (χ3v) is 3.41. The molecule has 0 aromatic carbocycles. The molecule has 0 saturated carbocycles. The molecular weight excluding hydrogens is 258 g/mol. The predicted molar refractivity (Wildman–Crippen MR) is 75.4 cm³/mol. The molecule has 1 aliphatic rings. The summed E-state index contributed by atoms with van der Waals surface area (Å²) >= 11 is 0. The first kappa shape index (κ1) is 14.8. The third-order valence-electron chi connectivity index (χ3n) is 3.41. The molecule has 1 aromatic rings. The minimum atomic E-state index is -0.850. The highest BCUT2D eigenvalue weighted by Crippen LogP contribution is 2.24. The average molecular weight is 281 g/mol. The van der Waals surface area contributed by atoms with Crippen molar-refractivity contribution < 1.29 is 14.4 Å². The van der Waals surface area contributed by atoms with Crippen LogP contribution in [0.1, 0.15) is 39.4 Å². The molecule has 6 nitrogen and oxygen atoms in total. The van der Waals surface area contributed by atoms with Gasteiger partial charge in [0, 0.05) is 19.0 Å². The van der Waals surface area contributed by atoms with Gasteiger partial charge in [0.05, 0.1) is 6.54 Å². The van der Waals surface area contributed by atoms with Crippen molar-refractivity contribution >= 4 is 11.8 Å². The number of anilines is 1. The number of carbonyl (C=O) groups is 1. The molecule has 2 rings (SSSR count). The Kier molecular flexibility index (Phi) is 4.65. The number of hydrogen-bond donors (Lipinski definition) is 1. The molecular formula is C14H23N3O3. The number of urea groups is 1. The Morgan fingerprint density at radius 1 is 1.55 bits per heavy atom. The van der Waals surface area contributed by atoms with Crippen LogP contribution in [0.2, 0.25) is 0 Å².